The molecule has 12 atom stereocenters. The normalized spacial score (nSPS) is 26.0. The van der Waals surface area contributed by atoms with E-state index in [1.165, 1.54) is 0 Å². The predicted octanol–water partition coefficient (Wildman–Crippen LogP) is 4.99. The number of hydrogen-bond acceptors (Lipinski definition) is 13. The van der Waals surface area contributed by atoms with E-state index in [0.717, 1.165) is 89.9 Å². The van der Waals surface area contributed by atoms with Gasteiger partial charge in [-0.2, -0.15) is 0 Å². The summed E-state index contributed by atoms with van der Waals surface area (Å²) >= 11 is 0. The van der Waals surface area contributed by atoms with E-state index in [-0.39, 0.29) is 94.4 Å². The predicted molar refractivity (Wildman–Crippen MR) is 343 cm³/mol. The fourth-order valence-electron chi connectivity index (χ4n) is 14.6. The van der Waals surface area contributed by atoms with E-state index in [4.69, 9.17) is 15.6 Å². The molecule has 6 saturated carbocycles. The molecule has 8 fully saturated rings. The summed E-state index contributed by atoms with van der Waals surface area (Å²) < 4.78 is 0. The Morgan fingerprint density at radius 2 is 0.879 bits per heavy atom. The molecule has 0 aromatic rings. The Kier molecular flexibility index (Phi) is 24.4. The van der Waals surface area contributed by atoms with Gasteiger partial charge in [0.05, 0.1) is 18.1 Å². The SMILES string of the molecule is CCC[C@H](NC(=O)[C@@H]1[C@@H]2[C@H](CN1C(=O)[C@@H](NC(=O)[C@@H](N)C1CCCCC1)C(C)(C)C)C2(C)C)C(=O)C(=O)NC1CC1.CCC[C@H](NC(=O)[C@@H]1[C@@H]2[C@H](CN1C(=O)[C@@H](NC(=O)[C@@H](NC(=O)C(C)(C)C)C1CCCCC1)C(C)(C)C)C2(C)C)C(=O)C(=O)NC1CC1.O=CO. The molecule has 10 N–H and O–H groups in total. The highest BCUT2D eigenvalue weighted by Crippen LogP contribution is 2.66. The summed E-state index contributed by atoms with van der Waals surface area (Å²) in [7, 11) is 0. The molecule has 8 rings (SSSR count). The van der Waals surface area contributed by atoms with E-state index in [1.807, 2.05) is 76.2 Å². The van der Waals surface area contributed by atoms with Gasteiger partial charge >= 0.3 is 0 Å². The monoisotopic (exact) mass is 1280 g/mol. The third-order valence-electron chi connectivity index (χ3n) is 20.8. The number of nitrogens with one attached hydrogen (secondary N) is 7. The highest BCUT2D eigenvalue weighted by molar-refractivity contribution is 6.39. The number of Topliss-reactive ketones (excluding diaryl/α,β-unsaturated/α-hetero) is 2. The van der Waals surface area contributed by atoms with Crippen LogP contribution in [0.1, 0.15) is 219 Å². The number of nitrogens with two attached hydrogens (primary N) is 1. The second-order valence-electron chi connectivity index (χ2n) is 31.9. The van der Waals surface area contributed by atoms with Crippen molar-refractivity contribution in [1.29, 1.82) is 0 Å². The van der Waals surface area contributed by atoms with Crippen LogP contribution in [0.15, 0.2) is 0 Å². The molecule has 0 aromatic heterocycles. The first-order chi connectivity index (χ1) is 42.4. The van der Waals surface area contributed by atoms with Crippen LogP contribution in [0.2, 0.25) is 0 Å². The molecule has 2 heterocycles. The minimum atomic E-state index is -0.982. The van der Waals surface area contributed by atoms with Gasteiger partial charge in [0.25, 0.3) is 18.3 Å². The first kappa shape index (κ1) is 74.0. The molecular weight excluding hydrogens is 1160 g/mol. The minimum absolute atomic E-state index is 0.0180. The summed E-state index contributed by atoms with van der Waals surface area (Å²) in [6, 6.07) is -6.76. The van der Waals surface area contributed by atoms with Gasteiger partial charge in [-0.3, -0.25) is 57.5 Å². The highest BCUT2D eigenvalue weighted by atomic mass is 16.3. The Morgan fingerprint density at radius 1 is 0.527 bits per heavy atom. The van der Waals surface area contributed by atoms with Crippen molar-refractivity contribution in [1.82, 2.24) is 47.0 Å². The molecule has 0 unspecified atom stereocenters. The molecule has 512 valence electrons. The number of carbonyl (C=O) groups is 12. The zero-order valence-electron chi connectivity index (χ0n) is 57.3. The van der Waals surface area contributed by atoms with Crippen LogP contribution in [0.25, 0.3) is 0 Å². The van der Waals surface area contributed by atoms with Crippen LogP contribution in [0.4, 0.5) is 0 Å². The number of ketones is 2. The van der Waals surface area contributed by atoms with Gasteiger partial charge in [-0.15, -0.1) is 0 Å². The molecule has 23 nitrogen and oxygen atoms in total. The standard InChI is InChI=1S/C36H59N5O6.C31H51N5O5.CH2O2/c1-10-14-23(27(42)31(45)37-21-17-18-21)38-30(44)26-24-22(36(24,8)9)19-41(26)32(46)28(34(2,3)4)40-29(43)25(20-15-12-11-13-16-20)39-33(47)35(5,6)7;1-7-11-20(24(37)28(40)33-18-14-15-18)34-27(39)23-21-19(31(21,5)6)16-36(23)29(41)25(30(2,3)4)35-26(38)22(32)17-12-9-8-10-13-17;2-1-3/h20-26,28H,10-19H2,1-9H3,(H,37,45)(H,38,44)(H,39,47)(H,40,43);17-23,25H,7-16,32H2,1-6H3,(H,33,40)(H,34,39)(H,35,38);1H,(H,2,3)/t22-,23-,24-,25-,26-,28+;19-,20-,21-,22-,23-,25+;/m00./s1. The maximum atomic E-state index is 14.5. The number of nitrogens with zero attached hydrogens (tertiary/aromatic N) is 2. The lowest BCUT2D eigenvalue weighted by Gasteiger charge is -2.39. The zero-order valence-corrected chi connectivity index (χ0v) is 57.3. The fraction of sp³-hybridized carbons (Fsp3) is 0.824. The van der Waals surface area contributed by atoms with Crippen molar-refractivity contribution in [3.8, 4) is 0 Å². The second-order valence-corrected chi connectivity index (χ2v) is 31.9. The Labute approximate surface area is 540 Å². The van der Waals surface area contributed by atoms with Crippen molar-refractivity contribution < 1.29 is 62.6 Å². The van der Waals surface area contributed by atoms with E-state index in [1.54, 1.807) is 9.80 Å². The van der Waals surface area contributed by atoms with Gasteiger partial charge in [0.15, 0.2) is 0 Å². The number of rotatable bonds is 23. The van der Waals surface area contributed by atoms with Crippen LogP contribution in [-0.4, -0.2) is 160 Å². The molecule has 2 aliphatic heterocycles. The average Bonchev–Trinajstić information content (AvgIpc) is 1.53. The largest absolute Gasteiger partial charge is 0.483 e. The lowest BCUT2D eigenvalue weighted by atomic mass is 9.81. The third kappa shape index (κ3) is 18.2. The second kappa shape index (κ2) is 30.0. The van der Waals surface area contributed by atoms with E-state index < -0.39 is 99.8 Å². The van der Waals surface area contributed by atoms with Gasteiger partial charge < -0.3 is 57.9 Å². The van der Waals surface area contributed by atoms with Crippen molar-refractivity contribution in [2.75, 3.05) is 13.1 Å². The quantitative estimate of drug-likeness (QED) is 0.0481. The molecule has 0 spiro atoms. The molecule has 9 amide bonds. The van der Waals surface area contributed by atoms with Gasteiger partial charge in [0, 0.05) is 30.6 Å². The number of likely N-dealkylation sites (tertiary alicyclic amines) is 2. The minimum Gasteiger partial charge on any atom is -0.483 e. The van der Waals surface area contributed by atoms with Crippen molar-refractivity contribution in [3.63, 3.8) is 0 Å². The molecule has 23 heteroatoms. The summed E-state index contributed by atoms with van der Waals surface area (Å²) in [5.74, 6) is -5.00. The maximum Gasteiger partial charge on any atom is 0.290 e. The Hall–Kier alpha value is -6.00. The third-order valence-corrected chi connectivity index (χ3v) is 20.8. The smallest absolute Gasteiger partial charge is 0.290 e. The molecule has 6 aliphatic carbocycles. The average molecular weight is 1280 g/mol. The summed E-state index contributed by atoms with van der Waals surface area (Å²) in [5, 5.41) is 27.0. The summed E-state index contributed by atoms with van der Waals surface area (Å²) in [5.41, 5.74) is 4.07. The lowest BCUT2D eigenvalue weighted by molar-refractivity contribution is -0.147. The molecular formula is C68H112N10O13. The Balaban J connectivity index is 0.000000280. The van der Waals surface area contributed by atoms with Crippen LogP contribution in [-0.2, 0) is 57.5 Å². The van der Waals surface area contributed by atoms with E-state index in [9.17, 15) is 52.7 Å². The number of piperidine rings is 2. The van der Waals surface area contributed by atoms with Crippen LogP contribution < -0.4 is 43.0 Å². The highest BCUT2D eigenvalue weighted by Gasteiger charge is 2.71. The summed E-state index contributed by atoms with van der Waals surface area (Å²) in [6.45, 7) is 29.4. The lowest BCUT2D eigenvalue weighted by Crippen LogP contribution is -2.63. The summed E-state index contributed by atoms with van der Waals surface area (Å²) in [6.07, 6.45) is 15.0. The molecule has 8 aliphatic rings. The molecule has 0 bridgehead atoms. The summed E-state index contributed by atoms with van der Waals surface area (Å²) in [4.78, 5) is 160. The Morgan fingerprint density at radius 3 is 1.21 bits per heavy atom. The van der Waals surface area contributed by atoms with Gasteiger partial charge in [-0.1, -0.05) is 155 Å². The van der Waals surface area contributed by atoms with Crippen LogP contribution in [0.5, 0.6) is 0 Å². The first-order valence-electron chi connectivity index (χ1n) is 34.0. The van der Waals surface area contributed by atoms with Crippen LogP contribution >= 0.6 is 0 Å². The maximum absolute atomic E-state index is 14.5. The van der Waals surface area contributed by atoms with E-state index in [2.05, 4.69) is 64.9 Å². The van der Waals surface area contributed by atoms with Gasteiger partial charge in [-0.25, -0.2) is 0 Å². The van der Waals surface area contributed by atoms with Crippen LogP contribution in [0, 0.1) is 62.6 Å². The number of carbonyl (C=O) groups excluding carboxylic acids is 11. The number of hydrogen-bond donors (Lipinski definition) is 9. The number of amides is 9. The molecule has 91 heavy (non-hydrogen) atoms. The van der Waals surface area contributed by atoms with E-state index in [0.29, 0.717) is 38.8 Å². The van der Waals surface area contributed by atoms with Crippen molar-refractivity contribution in [3.05, 3.63) is 0 Å². The van der Waals surface area contributed by atoms with Gasteiger partial charge in [0.2, 0.25) is 52.9 Å². The van der Waals surface area contributed by atoms with E-state index >= 15 is 0 Å². The van der Waals surface area contributed by atoms with Crippen molar-refractivity contribution in [2.24, 2.45) is 68.3 Å². The zero-order chi connectivity index (χ0) is 68.0. The van der Waals surface area contributed by atoms with Gasteiger partial charge in [-0.05, 0) is 121 Å². The first-order valence-corrected chi connectivity index (χ1v) is 34.0. The molecule has 0 radical (unpaired) electrons. The number of fused-ring (bicyclic) bond motifs is 2. The van der Waals surface area contributed by atoms with Crippen molar-refractivity contribution >= 4 is 71.2 Å². The topological polar surface area (TPSA) is 342 Å². The van der Waals surface area contributed by atoms with Crippen molar-refractivity contribution in [2.45, 2.75) is 280 Å². The molecule has 2 saturated heterocycles. The Bertz CT molecular complexity index is 2690. The fourth-order valence-corrected chi connectivity index (χ4v) is 14.6. The van der Waals surface area contributed by atoms with Gasteiger partial charge in [0.1, 0.15) is 30.2 Å². The van der Waals surface area contributed by atoms with Crippen LogP contribution in [0.3, 0.4) is 0 Å². The molecule has 0 aromatic carbocycles. The number of carboxylic acid groups (broad SMARTS) is 1.